The Morgan fingerprint density at radius 2 is 1.71 bits per heavy atom. The van der Waals surface area contributed by atoms with E-state index in [1.165, 1.54) is 31.4 Å². The van der Waals surface area contributed by atoms with Crippen molar-refractivity contribution < 1.29 is 18.7 Å². The molecule has 0 bridgehead atoms. The first-order valence-corrected chi connectivity index (χ1v) is 6.06. The molecule has 2 aromatic carbocycles. The smallest absolute Gasteiger partial charge is 0.337 e. The molecule has 108 valence electrons. The summed E-state index contributed by atoms with van der Waals surface area (Å²) in [5.41, 5.74) is 6.43. The summed E-state index contributed by atoms with van der Waals surface area (Å²) in [7, 11) is 1.29. The van der Waals surface area contributed by atoms with Gasteiger partial charge in [0.15, 0.2) is 0 Å². The topological polar surface area (TPSA) is 81.4 Å². The van der Waals surface area contributed by atoms with Gasteiger partial charge in [-0.15, -0.1) is 0 Å². The molecule has 2 rings (SSSR count). The van der Waals surface area contributed by atoms with Crippen molar-refractivity contribution in [1.29, 1.82) is 0 Å². The van der Waals surface area contributed by atoms with Crippen molar-refractivity contribution in [3.8, 4) is 0 Å². The third-order valence-corrected chi connectivity index (χ3v) is 2.82. The highest BCUT2D eigenvalue weighted by Crippen LogP contribution is 2.15. The van der Waals surface area contributed by atoms with Crippen LogP contribution >= 0.6 is 0 Å². The van der Waals surface area contributed by atoms with Crippen molar-refractivity contribution in [2.75, 3.05) is 18.2 Å². The number of anilines is 2. The second-order valence-corrected chi connectivity index (χ2v) is 4.26. The number of esters is 1. The van der Waals surface area contributed by atoms with Crippen LogP contribution < -0.4 is 11.1 Å². The van der Waals surface area contributed by atoms with Crippen molar-refractivity contribution in [3.63, 3.8) is 0 Å². The lowest BCUT2D eigenvalue weighted by Crippen LogP contribution is -2.12. The van der Waals surface area contributed by atoms with Gasteiger partial charge in [-0.3, -0.25) is 4.79 Å². The molecule has 5 nitrogen and oxygen atoms in total. The number of nitrogens with one attached hydrogen (secondary N) is 1. The van der Waals surface area contributed by atoms with Gasteiger partial charge in [0.05, 0.1) is 18.4 Å². The van der Waals surface area contributed by atoms with Gasteiger partial charge in [0, 0.05) is 11.3 Å². The summed E-state index contributed by atoms with van der Waals surface area (Å²) < 4.78 is 17.6. The van der Waals surface area contributed by atoms with E-state index >= 15 is 0 Å². The quantitative estimate of drug-likeness (QED) is 0.671. The van der Waals surface area contributed by atoms with Gasteiger partial charge in [-0.05, 0) is 42.5 Å². The molecular formula is C15H13FN2O3. The van der Waals surface area contributed by atoms with Crippen molar-refractivity contribution in [2.24, 2.45) is 0 Å². The Morgan fingerprint density at radius 1 is 1.10 bits per heavy atom. The number of hydrogen-bond donors (Lipinski definition) is 2. The van der Waals surface area contributed by atoms with Gasteiger partial charge < -0.3 is 15.8 Å². The molecule has 0 aromatic heterocycles. The zero-order valence-corrected chi connectivity index (χ0v) is 11.2. The fourth-order valence-electron chi connectivity index (χ4n) is 1.70. The Balaban J connectivity index is 2.12. The molecule has 0 fully saturated rings. The Kier molecular flexibility index (Phi) is 4.18. The van der Waals surface area contributed by atoms with E-state index in [1.54, 1.807) is 12.1 Å². The van der Waals surface area contributed by atoms with E-state index in [2.05, 4.69) is 10.1 Å². The molecule has 1 amide bonds. The van der Waals surface area contributed by atoms with Crippen LogP contribution in [0.25, 0.3) is 0 Å². The van der Waals surface area contributed by atoms with Gasteiger partial charge in [-0.2, -0.15) is 0 Å². The van der Waals surface area contributed by atoms with E-state index in [1.807, 2.05) is 0 Å². The van der Waals surface area contributed by atoms with E-state index in [0.29, 0.717) is 11.3 Å². The minimum Gasteiger partial charge on any atom is -0.465 e. The van der Waals surface area contributed by atoms with E-state index < -0.39 is 17.7 Å². The summed E-state index contributed by atoms with van der Waals surface area (Å²) in [5, 5.41) is 2.62. The Labute approximate surface area is 120 Å². The number of halogens is 1. The van der Waals surface area contributed by atoms with Crippen molar-refractivity contribution in [2.45, 2.75) is 0 Å². The van der Waals surface area contributed by atoms with Crippen LogP contribution in [0.15, 0.2) is 42.5 Å². The molecule has 0 aliphatic heterocycles. The van der Waals surface area contributed by atoms with Crippen LogP contribution in [-0.4, -0.2) is 19.0 Å². The molecule has 0 saturated carbocycles. The molecule has 6 heteroatoms. The van der Waals surface area contributed by atoms with Crippen LogP contribution in [0.3, 0.4) is 0 Å². The Bertz CT molecular complexity index is 684. The summed E-state index contributed by atoms with van der Waals surface area (Å²) in [5.74, 6) is -1.46. The number of hydrogen-bond acceptors (Lipinski definition) is 4. The molecule has 0 heterocycles. The van der Waals surface area contributed by atoms with Crippen molar-refractivity contribution in [3.05, 3.63) is 59.4 Å². The highest BCUT2D eigenvalue weighted by atomic mass is 19.1. The standard InChI is InChI=1S/C15H13FN2O3/c1-21-15(20)9-2-5-11(6-3-9)18-14(19)10-4-7-12(16)13(17)8-10/h2-8H,17H2,1H3,(H,18,19). The molecule has 2 aromatic rings. The zero-order valence-electron chi connectivity index (χ0n) is 11.2. The third kappa shape index (κ3) is 3.36. The van der Waals surface area contributed by atoms with Crippen LogP contribution in [0, 0.1) is 5.82 Å². The van der Waals surface area contributed by atoms with Gasteiger partial charge in [-0.25, -0.2) is 9.18 Å². The summed E-state index contributed by atoms with van der Waals surface area (Å²) in [6, 6.07) is 9.91. The van der Waals surface area contributed by atoms with Crippen LogP contribution in [0.1, 0.15) is 20.7 Å². The normalized spacial score (nSPS) is 10.0. The van der Waals surface area contributed by atoms with E-state index in [4.69, 9.17) is 5.73 Å². The van der Waals surface area contributed by atoms with Crippen molar-refractivity contribution in [1.82, 2.24) is 0 Å². The molecule has 0 saturated heterocycles. The molecule has 0 atom stereocenters. The number of rotatable bonds is 3. The Morgan fingerprint density at radius 3 is 2.29 bits per heavy atom. The second-order valence-electron chi connectivity index (χ2n) is 4.26. The lowest BCUT2D eigenvalue weighted by molar-refractivity contribution is 0.0600. The summed E-state index contributed by atoms with van der Waals surface area (Å²) in [4.78, 5) is 23.3. The maximum atomic E-state index is 13.0. The Hall–Kier alpha value is -2.89. The highest BCUT2D eigenvalue weighted by molar-refractivity contribution is 6.05. The number of nitrogens with two attached hydrogens (primary N) is 1. The predicted molar refractivity (Wildman–Crippen MR) is 76.5 cm³/mol. The molecule has 0 aliphatic carbocycles. The van der Waals surface area contributed by atoms with E-state index in [-0.39, 0.29) is 11.3 Å². The summed E-state index contributed by atoms with van der Waals surface area (Å²) in [6.07, 6.45) is 0. The third-order valence-electron chi connectivity index (χ3n) is 2.82. The fourth-order valence-corrected chi connectivity index (χ4v) is 1.70. The lowest BCUT2D eigenvalue weighted by Gasteiger charge is -2.07. The SMILES string of the molecule is COC(=O)c1ccc(NC(=O)c2ccc(F)c(N)c2)cc1. The van der Waals surface area contributed by atoms with Gasteiger partial charge >= 0.3 is 5.97 Å². The average Bonchev–Trinajstić information content (AvgIpc) is 2.50. The summed E-state index contributed by atoms with van der Waals surface area (Å²) >= 11 is 0. The van der Waals surface area contributed by atoms with Crippen LogP contribution in [0.2, 0.25) is 0 Å². The van der Waals surface area contributed by atoms with Gasteiger partial charge in [0.25, 0.3) is 5.91 Å². The molecular weight excluding hydrogens is 275 g/mol. The van der Waals surface area contributed by atoms with Crippen LogP contribution in [0.4, 0.5) is 15.8 Å². The number of methoxy groups -OCH3 is 1. The first kappa shape index (κ1) is 14.5. The van der Waals surface area contributed by atoms with Gasteiger partial charge in [0.1, 0.15) is 5.82 Å². The van der Waals surface area contributed by atoms with Gasteiger partial charge in [-0.1, -0.05) is 0 Å². The zero-order chi connectivity index (χ0) is 15.4. The number of carbonyl (C=O) groups is 2. The number of benzene rings is 2. The number of nitrogen functional groups attached to an aromatic ring is 1. The predicted octanol–water partition coefficient (Wildman–Crippen LogP) is 2.45. The van der Waals surface area contributed by atoms with E-state index in [9.17, 15) is 14.0 Å². The first-order chi connectivity index (χ1) is 10.0. The second kappa shape index (κ2) is 6.04. The molecule has 0 radical (unpaired) electrons. The molecule has 0 aliphatic rings. The maximum absolute atomic E-state index is 13.0. The average molecular weight is 288 g/mol. The highest BCUT2D eigenvalue weighted by Gasteiger charge is 2.09. The largest absolute Gasteiger partial charge is 0.465 e. The first-order valence-electron chi connectivity index (χ1n) is 6.06. The maximum Gasteiger partial charge on any atom is 0.337 e. The minimum atomic E-state index is -0.575. The van der Waals surface area contributed by atoms with Crippen LogP contribution in [0.5, 0.6) is 0 Å². The van der Waals surface area contributed by atoms with E-state index in [0.717, 1.165) is 6.07 Å². The van der Waals surface area contributed by atoms with Crippen molar-refractivity contribution >= 4 is 23.3 Å². The molecule has 0 unspecified atom stereocenters. The lowest BCUT2D eigenvalue weighted by atomic mass is 10.1. The summed E-state index contributed by atoms with van der Waals surface area (Å²) in [6.45, 7) is 0. The minimum absolute atomic E-state index is 0.0938. The molecule has 3 N–H and O–H groups in total. The molecule has 0 spiro atoms. The van der Waals surface area contributed by atoms with Gasteiger partial charge in [0.2, 0.25) is 0 Å². The number of amides is 1. The molecule has 21 heavy (non-hydrogen) atoms. The number of ether oxygens (including phenoxy) is 1. The van der Waals surface area contributed by atoms with Crippen LogP contribution in [-0.2, 0) is 4.74 Å². The number of carbonyl (C=O) groups excluding carboxylic acids is 2. The fraction of sp³-hybridized carbons (Fsp3) is 0.0667. The monoisotopic (exact) mass is 288 g/mol.